The fourth-order valence-electron chi connectivity index (χ4n) is 4.49. The second kappa shape index (κ2) is 8.58. The highest BCUT2D eigenvalue weighted by atomic mass is 32.2. The minimum Gasteiger partial charge on any atom is -0.483 e. The number of nitrogens with zero attached hydrogens (tertiary/aromatic N) is 3. The summed E-state index contributed by atoms with van der Waals surface area (Å²) in [6.45, 7) is 0. The zero-order chi connectivity index (χ0) is 23.1. The average molecular weight is 464 g/mol. The van der Waals surface area contributed by atoms with E-state index in [0.717, 1.165) is 34.2 Å². The molecule has 0 spiro atoms. The number of rotatable bonds is 2. The van der Waals surface area contributed by atoms with E-state index in [2.05, 4.69) is 96.7 Å². The molecule has 2 heterocycles. The number of anilines is 3. The van der Waals surface area contributed by atoms with Gasteiger partial charge in [-0.05, 0) is 54.1 Å². The van der Waals surface area contributed by atoms with Gasteiger partial charge in [-0.25, -0.2) is 4.99 Å². The number of fused-ring (bicyclic) bond motifs is 3. The zero-order valence-corrected chi connectivity index (χ0v) is 20.0. The van der Waals surface area contributed by atoms with E-state index in [9.17, 15) is 0 Å². The highest BCUT2D eigenvalue weighted by Gasteiger charge is 2.31. The van der Waals surface area contributed by atoms with Gasteiger partial charge in [-0.3, -0.25) is 4.90 Å². The normalized spacial score (nSPS) is 16.4. The van der Waals surface area contributed by atoms with E-state index in [1.54, 1.807) is 0 Å². The van der Waals surface area contributed by atoms with Gasteiger partial charge < -0.3 is 9.64 Å². The summed E-state index contributed by atoms with van der Waals surface area (Å²) in [5, 5.41) is 0. The van der Waals surface area contributed by atoms with Gasteiger partial charge in [0.1, 0.15) is 23.4 Å². The molecular formula is C29H25N3OS. The zero-order valence-electron chi connectivity index (χ0n) is 19.2. The molecular weight excluding hydrogens is 438 g/mol. The van der Waals surface area contributed by atoms with Crippen molar-refractivity contribution in [1.29, 1.82) is 0 Å². The molecule has 0 amide bonds. The van der Waals surface area contributed by atoms with Crippen LogP contribution in [0.5, 0.6) is 5.75 Å². The molecule has 0 bridgehead atoms. The first-order chi connectivity index (χ1) is 16.7. The van der Waals surface area contributed by atoms with Crippen LogP contribution in [-0.4, -0.2) is 19.9 Å². The van der Waals surface area contributed by atoms with Crippen molar-refractivity contribution in [3.05, 3.63) is 103 Å². The van der Waals surface area contributed by atoms with E-state index < -0.39 is 0 Å². The Kier molecular flexibility index (Phi) is 5.27. The van der Waals surface area contributed by atoms with E-state index in [0.29, 0.717) is 6.42 Å². The lowest BCUT2D eigenvalue weighted by molar-refractivity contribution is 0.217. The number of aliphatic imine (C=N–C) groups is 1. The molecule has 34 heavy (non-hydrogen) atoms. The number of ether oxygens (including phenoxy) is 1. The molecule has 0 saturated carbocycles. The maximum absolute atomic E-state index is 6.58. The van der Waals surface area contributed by atoms with Crippen LogP contribution in [0.2, 0.25) is 0 Å². The van der Waals surface area contributed by atoms with Gasteiger partial charge >= 0.3 is 0 Å². The molecule has 0 aliphatic carbocycles. The molecule has 6 rings (SSSR count). The van der Waals surface area contributed by atoms with Crippen LogP contribution in [0, 0.1) is 0 Å². The van der Waals surface area contributed by atoms with Crippen LogP contribution in [0.25, 0.3) is 0 Å². The van der Waals surface area contributed by atoms with E-state index in [-0.39, 0.29) is 6.10 Å². The Morgan fingerprint density at radius 1 is 0.794 bits per heavy atom. The fourth-order valence-corrected chi connectivity index (χ4v) is 5.55. The monoisotopic (exact) mass is 463 g/mol. The summed E-state index contributed by atoms with van der Waals surface area (Å²) >= 11 is 1.81. The van der Waals surface area contributed by atoms with Crippen molar-refractivity contribution in [2.24, 2.45) is 4.99 Å². The lowest BCUT2D eigenvalue weighted by Crippen LogP contribution is -2.30. The molecule has 0 saturated heterocycles. The van der Waals surface area contributed by atoms with Crippen LogP contribution in [0.3, 0.4) is 0 Å². The Bertz CT molecular complexity index is 1330. The Morgan fingerprint density at radius 3 is 2.09 bits per heavy atom. The van der Waals surface area contributed by atoms with Gasteiger partial charge in [0, 0.05) is 36.0 Å². The topological polar surface area (TPSA) is 28.1 Å². The number of amidine groups is 1. The smallest absolute Gasteiger partial charge is 0.145 e. The first-order valence-corrected chi connectivity index (χ1v) is 12.3. The molecule has 0 aromatic heterocycles. The summed E-state index contributed by atoms with van der Waals surface area (Å²) in [4.78, 5) is 12.1. The molecule has 4 aromatic rings. The average Bonchev–Trinajstić information content (AvgIpc) is 3.07. The Labute approximate surface area is 204 Å². The van der Waals surface area contributed by atoms with Crippen LogP contribution in [-0.2, 0) is 0 Å². The van der Waals surface area contributed by atoms with E-state index in [1.165, 1.54) is 15.5 Å². The second-order valence-electron chi connectivity index (χ2n) is 8.67. The minimum atomic E-state index is -0.146. The highest BCUT2D eigenvalue weighted by Crippen LogP contribution is 2.49. The first kappa shape index (κ1) is 20.9. The van der Waals surface area contributed by atoms with Crippen molar-refractivity contribution in [2.45, 2.75) is 22.3 Å². The molecule has 168 valence electrons. The summed E-state index contributed by atoms with van der Waals surface area (Å²) in [5.74, 6) is 1.79. The van der Waals surface area contributed by atoms with Gasteiger partial charge in [-0.15, -0.1) is 0 Å². The van der Waals surface area contributed by atoms with Crippen molar-refractivity contribution in [2.75, 3.05) is 23.9 Å². The molecule has 1 unspecified atom stereocenters. The summed E-state index contributed by atoms with van der Waals surface area (Å²) < 4.78 is 6.58. The maximum Gasteiger partial charge on any atom is 0.145 e. The number of para-hydroxylation sites is 4. The van der Waals surface area contributed by atoms with Crippen LogP contribution in [0.15, 0.2) is 112 Å². The molecule has 5 heteroatoms. The summed E-state index contributed by atoms with van der Waals surface area (Å²) in [5.41, 5.74) is 5.49. The van der Waals surface area contributed by atoms with E-state index >= 15 is 0 Å². The Hall–Kier alpha value is -3.70. The molecule has 2 aliphatic rings. The van der Waals surface area contributed by atoms with Crippen molar-refractivity contribution in [3.63, 3.8) is 0 Å². The number of hydrogen-bond acceptors (Lipinski definition) is 5. The van der Waals surface area contributed by atoms with Gasteiger partial charge in [-0.2, -0.15) is 0 Å². The fraction of sp³-hybridized carbons (Fsp3) is 0.138. The van der Waals surface area contributed by atoms with Crippen molar-refractivity contribution < 1.29 is 4.74 Å². The molecule has 0 N–H and O–H groups in total. The molecule has 1 atom stereocenters. The van der Waals surface area contributed by atoms with Crippen LogP contribution in [0.4, 0.5) is 22.7 Å². The van der Waals surface area contributed by atoms with Crippen LogP contribution in [0.1, 0.15) is 18.1 Å². The van der Waals surface area contributed by atoms with Crippen LogP contribution >= 0.6 is 11.8 Å². The van der Waals surface area contributed by atoms with Gasteiger partial charge in [0.15, 0.2) is 0 Å². The van der Waals surface area contributed by atoms with Gasteiger partial charge in [0.05, 0.1) is 11.4 Å². The Morgan fingerprint density at radius 2 is 1.41 bits per heavy atom. The largest absolute Gasteiger partial charge is 0.483 e. The summed E-state index contributed by atoms with van der Waals surface area (Å²) in [6, 6.07) is 33.8. The first-order valence-electron chi connectivity index (χ1n) is 11.4. The quantitative estimate of drug-likeness (QED) is 0.306. The maximum atomic E-state index is 6.58. The van der Waals surface area contributed by atoms with Crippen molar-refractivity contribution in [1.82, 2.24) is 0 Å². The van der Waals surface area contributed by atoms with E-state index in [1.807, 2.05) is 36.0 Å². The van der Waals surface area contributed by atoms with Gasteiger partial charge in [0.25, 0.3) is 0 Å². The molecule has 4 nitrogen and oxygen atoms in total. The third-order valence-corrected chi connectivity index (χ3v) is 7.35. The molecule has 0 fully saturated rings. The standard InChI is InChI=1S/C29H25N3OS/c1-31(2)21-17-15-20(16-18-21)26-19-29(30-22-9-3-6-12-25(22)33-26)32-23-10-4-7-13-27(23)34-28-14-8-5-11-24(28)32/h3-18,26H,19H2,1-2H3. The predicted octanol–water partition coefficient (Wildman–Crippen LogP) is 7.61. The lowest BCUT2D eigenvalue weighted by Gasteiger charge is -2.34. The third-order valence-electron chi connectivity index (χ3n) is 6.22. The lowest BCUT2D eigenvalue weighted by atomic mass is 10.0. The van der Waals surface area contributed by atoms with Gasteiger partial charge in [0.2, 0.25) is 0 Å². The van der Waals surface area contributed by atoms with Crippen molar-refractivity contribution in [3.8, 4) is 5.75 Å². The Balaban J connectivity index is 1.49. The van der Waals surface area contributed by atoms with Crippen molar-refractivity contribution >= 4 is 40.3 Å². The second-order valence-corrected chi connectivity index (χ2v) is 9.75. The van der Waals surface area contributed by atoms with E-state index in [4.69, 9.17) is 9.73 Å². The van der Waals surface area contributed by atoms with Crippen LogP contribution < -0.4 is 14.5 Å². The predicted molar refractivity (Wildman–Crippen MR) is 141 cm³/mol. The minimum absolute atomic E-state index is 0.146. The number of benzene rings is 4. The number of hydrogen-bond donors (Lipinski definition) is 0. The summed E-state index contributed by atoms with van der Waals surface area (Å²) in [7, 11) is 4.11. The molecule has 2 aliphatic heterocycles. The SMILES string of the molecule is CN(C)c1ccc(C2CC(N3c4ccccc4Sc4ccccc43)=Nc3ccccc3O2)cc1. The highest BCUT2D eigenvalue weighted by molar-refractivity contribution is 7.99. The summed E-state index contributed by atoms with van der Waals surface area (Å²) in [6.07, 6.45) is 0.510. The molecule has 4 aromatic carbocycles. The molecule has 0 radical (unpaired) electrons. The third kappa shape index (κ3) is 3.72. The van der Waals surface area contributed by atoms with Gasteiger partial charge in [-0.1, -0.05) is 60.3 Å².